The maximum atomic E-state index is 5.53. The number of hydrogen-bond acceptors (Lipinski definition) is 2. The monoisotopic (exact) mass is 229 g/mol. The van der Waals surface area contributed by atoms with Crippen LogP contribution in [0.3, 0.4) is 0 Å². The molecule has 0 aromatic carbocycles. The van der Waals surface area contributed by atoms with Gasteiger partial charge in [-0.15, -0.1) is 0 Å². The third-order valence-corrected chi connectivity index (χ3v) is 1.37. The Bertz CT molecular complexity index is 51.7. The normalized spacial score (nSPS) is 13.9. The summed E-state index contributed by atoms with van der Waals surface area (Å²) in [5, 5.41) is 0. The second-order valence-corrected chi connectivity index (χ2v) is 2.27. The Morgan fingerprint density at radius 2 is 2.38 bits per heavy atom. The Kier molecular flexibility index (Phi) is 6.25. The van der Waals surface area contributed by atoms with Crippen LogP contribution in [0, 0.1) is 0 Å². The second kappa shape index (κ2) is 5.78. The van der Waals surface area contributed by atoms with Crippen molar-refractivity contribution >= 4 is 22.6 Å². The zero-order valence-electron chi connectivity index (χ0n) is 5.06. The lowest BCUT2D eigenvalue weighted by Gasteiger charge is -2.05. The van der Waals surface area contributed by atoms with Crippen LogP contribution in [0.5, 0.6) is 0 Å². The number of alkyl halides is 1. The molecule has 0 saturated carbocycles. The quantitative estimate of drug-likeness (QED) is 0.579. The van der Waals surface area contributed by atoms with Crippen molar-refractivity contribution in [2.75, 3.05) is 11.2 Å². The van der Waals surface area contributed by atoms with Crippen molar-refractivity contribution < 1.29 is 4.74 Å². The molecule has 2 nitrogen and oxygen atoms in total. The van der Waals surface area contributed by atoms with Gasteiger partial charge in [-0.1, -0.05) is 29.5 Å². The van der Waals surface area contributed by atoms with E-state index >= 15 is 0 Å². The fourth-order valence-corrected chi connectivity index (χ4v) is 0.568. The lowest BCUT2D eigenvalue weighted by atomic mass is 10.3. The van der Waals surface area contributed by atoms with Crippen molar-refractivity contribution in [1.29, 1.82) is 0 Å². The van der Waals surface area contributed by atoms with Crippen LogP contribution >= 0.6 is 22.6 Å². The molecule has 0 bridgehead atoms. The van der Waals surface area contributed by atoms with Gasteiger partial charge in [0.25, 0.3) is 0 Å². The summed E-state index contributed by atoms with van der Waals surface area (Å²) in [6.07, 6.45) is 0.997. The lowest BCUT2D eigenvalue weighted by molar-refractivity contribution is 0.172. The van der Waals surface area contributed by atoms with Gasteiger partial charge < -0.3 is 10.5 Å². The van der Waals surface area contributed by atoms with Crippen LogP contribution in [0.25, 0.3) is 0 Å². The van der Waals surface area contributed by atoms with E-state index in [2.05, 4.69) is 29.5 Å². The molecule has 1 unspecified atom stereocenters. The van der Waals surface area contributed by atoms with Gasteiger partial charge in [-0.05, 0) is 6.42 Å². The molecule has 0 saturated heterocycles. The van der Waals surface area contributed by atoms with Gasteiger partial charge in [-0.2, -0.15) is 0 Å². The van der Waals surface area contributed by atoms with Gasteiger partial charge in [-0.25, -0.2) is 0 Å². The van der Waals surface area contributed by atoms with Gasteiger partial charge in [0.2, 0.25) is 0 Å². The van der Waals surface area contributed by atoms with E-state index in [0.29, 0.717) is 6.61 Å². The Labute approximate surface area is 63.9 Å². The van der Waals surface area contributed by atoms with Gasteiger partial charge >= 0.3 is 0 Å². The molecule has 1 atom stereocenters. The van der Waals surface area contributed by atoms with Crippen molar-refractivity contribution in [2.45, 2.75) is 19.4 Å². The third kappa shape index (κ3) is 4.80. The summed E-state index contributed by atoms with van der Waals surface area (Å²) >= 11 is 2.16. The average Bonchev–Trinajstić information content (AvgIpc) is 1.83. The minimum Gasteiger partial charge on any atom is -0.370 e. The number of hydrogen-bond donors (Lipinski definition) is 1. The first-order chi connectivity index (χ1) is 3.81. The fourth-order valence-electron chi connectivity index (χ4n) is 0.314. The number of rotatable bonds is 4. The summed E-state index contributed by atoms with van der Waals surface area (Å²) in [5.41, 5.74) is 5.53. The largest absolute Gasteiger partial charge is 0.370 e. The Morgan fingerprint density at radius 3 is 2.75 bits per heavy atom. The highest BCUT2D eigenvalue weighted by atomic mass is 127. The number of halogens is 1. The van der Waals surface area contributed by atoms with Crippen LogP contribution in [-0.4, -0.2) is 17.3 Å². The molecule has 0 fully saturated rings. The predicted molar refractivity (Wildman–Crippen MR) is 43.1 cm³/mol. The van der Waals surface area contributed by atoms with Crippen LogP contribution in [0.4, 0.5) is 0 Å². The summed E-state index contributed by atoms with van der Waals surface area (Å²) in [5.74, 6) is 0. The van der Waals surface area contributed by atoms with E-state index in [1.54, 1.807) is 0 Å². The zero-order chi connectivity index (χ0) is 6.41. The molecule has 0 aromatic rings. The molecule has 0 spiro atoms. The summed E-state index contributed by atoms with van der Waals surface area (Å²) in [4.78, 5) is 0. The molecule has 0 aliphatic heterocycles. The van der Waals surface area contributed by atoms with Crippen LogP contribution in [0.15, 0.2) is 0 Å². The molecular weight excluding hydrogens is 217 g/mol. The molecule has 0 aromatic heterocycles. The standard InChI is InChI=1S/C5H12INO/c1-2-5(7)3-8-4-6/h5H,2-4,7H2,1H3. The molecule has 3 heteroatoms. The minimum absolute atomic E-state index is 0.227. The van der Waals surface area contributed by atoms with Gasteiger partial charge in [0.15, 0.2) is 0 Å². The Balaban J connectivity index is 2.86. The van der Waals surface area contributed by atoms with Crippen LogP contribution < -0.4 is 5.73 Å². The second-order valence-electron chi connectivity index (χ2n) is 1.65. The van der Waals surface area contributed by atoms with E-state index in [1.807, 2.05) is 0 Å². The summed E-state index contributed by atoms with van der Waals surface area (Å²) in [7, 11) is 0. The SMILES string of the molecule is CCC(N)COCI. The molecule has 50 valence electrons. The summed E-state index contributed by atoms with van der Waals surface area (Å²) in [6, 6.07) is 0.227. The maximum Gasteiger partial charge on any atom is 0.0980 e. The minimum atomic E-state index is 0.227. The smallest absolute Gasteiger partial charge is 0.0980 e. The molecular formula is C5H12INO. The topological polar surface area (TPSA) is 35.2 Å². The van der Waals surface area contributed by atoms with Crippen molar-refractivity contribution in [1.82, 2.24) is 0 Å². The molecule has 0 aliphatic carbocycles. The molecule has 0 rings (SSSR count). The lowest BCUT2D eigenvalue weighted by Crippen LogP contribution is -2.24. The van der Waals surface area contributed by atoms with Gasteiger partial charge in [-0.3, -0.25) is 0 Å². The summed E-state index contributed by atoms with van der Waals surface area (Å²) in [6.45, 7) is 2.75. The van der Waals surface area contributed by atoms with Crippen LogP contribution in [0.2, 0.25) is 0 Å². The van der Waals surface area contributed by atoms with Gasteiger partial charge in [0.05, 0.1) is 11.2 Å². The molecule has 0 amide bonds. The average molecular weight is 229 g/mol. The van der Waals surface area contributed by atoms with E-state index in [9.17, 15) is 0 Å². The van der Waals surface area contributed by atoms with Crippen molar-refractivity contribution in [3.63, 3.8) is 0 Å². The van der Waals surface area contributed by atoms with Crippen molar-refractivity contribution in [2.24, 2.45) is 5.73 Å². The highest BCUT2D eigenvalue weighted by Gasteiger charge is 1.95. The molecule has 0 heterocycles. The van der Waals surface area contributed by atoms with E-state index in [-0.39, 0.29) is 6.04 Å². The highest BCUT2D eigenvalue weighted by Crippen LogP contribution is 1.89. The first kappa shape index (κ1) is 8.65. The van der Waals surface area contributed by atoms with Gasteiger partial charge in [0, 0.05) is 6.04 Å². The maximum absolute atomic E-state index is 5.53. The summed E-state index contributed by atoms with van der Waals surface area (Å²) < 4.78 is 5.79. The molecule has 2 N–H and O–H groups in total. The van der Waals surface area contributed by atoms with Crippen LogP contribution in [-0.2, 0) is 4.74 Å². The van der Waals surface area contributed by atoms with Gasteiger partial charge in [0.1, 0.15) is 0 Å². The van der Waals surface area contributed by atoms with E-state index < -0.39 is 0 Å². The van der Waals surface area contributed by atoms with E-state index in [0.717, 1.165) is 11.0 Å². The number of ether oxygens (including phenoxy) is 1. The van der Waals surface area contributed by atoms with Crippen molar-refractivity contribution in [3.8, 4) is 0 Å². The molecule has 8 heavy (non-hydrogen) atoms. The highest BCUT2D eigenvalue weighted by molar-refractivity contribution is 14.1. The zero-order valence-corrected chi connectivity index (χ0v) is 7.22. The predicted octanol–water partition coefficient (Wildman–Crippen LogP) is 1.13. The number of nitrogens with two attached hydrogens (primary N) is 1. The first-order valence-corrected chi connectivity index (χ1v) is 4.23. The van der Waals surface area contributed by atoms with E-state index in [4.69, 9.17) is 10.5 Å². The van der Waals surface area contributed by atoms with E-state index in [1.165, 1.54) is 0 Å². The van der Waals surface area contributed by atoms with Crippen molar-refractivity contribution in [3.05, 3.63) is 0 Å². The first-order valence-electron chi connectivity index (χ1n) is 2.70. The Morgan fingerprint density at radius 1 is 1.75 bits per heavy atom. The Hall–Kier alpha value is 0.650. The fraction of sp³-hybridized carbons (Fsp3) is 1.00. The molecule has 0 radical (unpaired) electrons. The third-order valence-electron chi connectivity index (χ3n) is 0.933. The molecule has 0 aliphatic rings. The van der Waals surface area contributed by atoms with Crippen LogP contribution in [0.1, 0.15) is 13.3 Å².